The van der Waals surface area contributed by atoms with Gasteiger partial charge in [-0.05, 0) is 25.7 Å². The summed E-state index contributed by atoms with van der Waals surface area (Å²) in [5, 5.41) is 19.7. The zero-order valence-corrected chi connectivity index (χ0v) is 21.2. The number of aliphatic hydroxyl groups excluding tert-OH is 2. The van der Waals surface area contributed by atoms with Crippen LogP contribution in [-0.2, 0) is 22.2 Å². The smallest absolute Gasteiger partial charge is 0.152 e. The van der Waals surface area contributed by atoms with Crippen LogP contribution >= 0.6 is 43.2 Å². The molecular formula is C12H26NaO6S6. The summed E-state index contributed by atoms with van der Waals surface area (Å²) in [6.07, 6.45) is 1.61. The summed E-state index contributed by atoms with van der Waals surface area (Å²) in [5.74, 6) is 3.22. The van der Waals surface area contributed by atoms with E-state index in [1.807, 2.05) is 0 Å². The first kappa shape index (κ1) is 29.7. The van der Waals surface area contributed by atoms with Crippen molar-refractivity contribution in [3.63, 3.8) is 0 Å². The average molecular weight is 482 g/mol. The Bertz CT molecular complexity index is 322. The van der Waals surface area contributed by atoms with Crippen LogP contribution < -0.4 is 0 Å². The van der Waals surface area contributed by atoms with E-state index in [0.29, 0.717) is 35.9 Å². The summed E-state index contributed by atoms with van der Waals surface area (Å²) in [7, 11) is 6.20. The minimum atomic E-state index is -1.71. The SMILES string of the molecule is O=S(O)CCCCSSCC(O)C(O)CSSCCCCS(=O)O.[Na]. The van der Waals surface area contributed by atoms with Gasteiger partial charge in [0.15, 0.2) is 22.2 Å². The molecule has 0 saturated heterocycles. The van der Waals surface area contributed by atoms with Crippen LogP contribution in [0.25, 0.3) is 0 Å². The summed E-state index contributed by atoms with van der Waals surface area (Å²) in [5.41, 5.74) is 0. The fraction of sp³-hybridized carbons (Fsp3) is 1.00. The summed E-state index contributed by atoms with van der Waals surface area (Å²) >= 11 is -3.43. The summed E-state index contributed by atoms with van der Waals surface area (Å²) in [6, 6.07) is 0. The molecule has 4 N–H and O–H groups in total. The van der Waals surface area contributed by atoms with E-state index in [1.54, 1.807) is 21.6 Å². The van der Waals surface area contributed by atoms with Gasteiger partial charge in [0.25, 0.3) is 0 Å². The number of rotatable bonds is 17. The van der Waals surface area contributed by atoms with Gasteiger partial charge in [-0.25, -0.2) is 8.42 Å². The van der Waals surface area contributed by atoms with Crippen LogP contribution in [0.3, 0.4) is 0 Å². The Hall–Kier alpha value is 2.54. The number of hydrogen-bond donors (Lipinski definition) is 4. The van der Waals surface area contributed by atoms with Crippen molar-refractivity contribution in [1.29, 1.82) is 0 Å². The fourth-order valence-electron chi connectivity index (χ4n) is 1.35. The predicted molar refractivity (Wildman–Crippen MR) is 117 cm³/mol. The van der Waals surface area contributed by atoms with Crippen molar-refractivity contribution in [1.82, 2.24) is 0 Å². The van der Waals surface area contributed by atoms with E-state index in [-0.39, 0.29) is 29.6 Å². The molecule has 25 heavy (non-hydrogen) atoms. The molecule has 6 nitrogen and oxygen atoms in total. The average Bonchev–Trinajstić information content (AvgIpc) is 2.51. The molecule has 0 amide bonds. The minimum absolute atomic E-state index is 0. The standard InChI is InChI=1S/C12H26O6S6.Na/c13-11(9-21-19-5-1-3-7-23(15)16)12(14)10-22-20-6-2-4-8-24(17)18;/h11-14H,1-10H2,(H,15,16)(H,17,18);. The van der Waals surface area contributed by atoms with Gasteiger partial charge in [0, 0.05) is 64.1 Å². The molecule has 1 radical (unpaired) electrons. The quantitative estimate of drug-likeness (QED) is 0.107. The zero-order chi connectivity index (χ0) is 18.2. The monoisotopic (exact) mass is 481 g/mol. The van der Waals surface area contributed by atoms with E-state index in [2.05, 4.69) is 0 Å². The maximum Gasteiger partial charge on any atom is 0.152 e. The van der Waals surface area contributed by atoms with E-state index in [9.17, 15) is 18.6 Å². The first-order valence-corrected chi connectivity index (χ1v) is 15.0. The third-order valence-electron chi connectivity index (χ3n) is 2.68. The van der Waals surface area contributed by atoms with Gasteiger partial charge in [-0.15, -0.1) is 0 Å². The molecule has 0 saturated carbocycles. The molecule has 0 aliphatic heterocycles. The van der Waals surface area contributed by atoms with Gasteiger partial charge in [-0.3, -0.25) is 0 Å². The van der Waals surface area contributed by atoms with Crippen LogP contribution in [0.4, 0.5) is 0 Å². The Balaban J connectivity index is 0. The topological polar surface area (TPSA) is 115 Å². The van der Waals surface area contributed by atoms with Gasteiger partial charge in [-0.1, -0.05) is 43.2 Å². The molecule has 0 aromatic heterocycles. The molecule has 0 bridgehead atoms. The van der Waals surface area contributed by atoms with E-state index < -0.39 is 34.4 Å². The van der Waals surface area contributed by atoms with Crippen molar-refractivity contribution < 1.29 is 27.7 Å². The number of aliphatic hydroxyl groups is 2. The summed E-state index contributed by atoms with van der Waals surface area (Å²) < 4.78 is 38.1. The van der Waals surface area contributed by atoms with Crippen molar-refractivity contribution in [2.24, 2.45) is 0 Å². The maximum absolute atomic E-state index is 10.5. The molecule has 0 rings (SSSR count). The minimum Gasteiger partial charge on any atom is -0.390 e. The van der Waals surface area contributed by atoms with Crippen LogP contribution in [0.2, 0.25) is 0 Å². The van der Waals surface area contributed by atoms with Crippen molar-refractivity contribution in [3.8, 4) is 0 Å². The van der Waals surface area contributed by atoms with E-state index in [4.69, 9.17) is 9.11 Å². The third-order valence-corrected chi connectivity index (χ3v) is 8.97. The second-order valence-corrected chi connectivity index (χ2v) is 12.2. The summed E-state index contributed by atoms with van der Waals surface area (Å²) in [6.45, 7) is 0. The summed E-state index contributed by atoms with van der Waals surface area (Å²) in [4.78, 5) is 0. The molecule has 4 atom stereocenters. The predicted octanol–water partition coefficient (Wildman–Crippen LogP) is 2.09. The van der Waals surface area contributed by atoms with Crippen LogP contribution in [-0.4, -0.2) is 104 Å². The van der Waals surface area contributed by atoms with Crippen LogP contribution in [0.5, 0.6) is 0 Å². The Morgan fingerprint density at radius 2 is 1.04 bits per heavy atom. The number of unbranched alkanes of at least 4 members (excludes halogenated alkanes) is 2. The second-order valence-electron chi connectivity index (χ2n) is 4.81. The Labute approximate surface area is 193 Å². The van der Waals surface area contributed by atoms with Crippen LogP contribution in [0, 0.1) is 0 Å². The van der Waals surface area contributed by atoms with Crippen LogP contribution in [0.15, 0.2) is 0 Å². The Morgan fingerprint density at radius 1 is 0.680 bits per heavy atom. The molecule has 0 spiro atoms. The number of hydrogen-bond acceptors (Lipinski definition) is 8. The van der Waals surface area contributed by atoms with E-state index >= 15 is 0 Å². The van der Waals surface area contributed by atoms with Gasteiger partial charge < -0.3 is 19.3 Å². The Morgan fingerprint density at radius 3 is 1.36 bits per heavy atom. The molecule has 147 valence electrons. The first-order valence-electron chi connectivity index (χ1n) is 7.43. The van der Waals surface area contributed by atoms with Gasteiger partial charge in [0.05, 0.1) is 12.2 Å². The first-order chi connectivity index (χ1) is 11.4. The molecular weight excluding hydrogens is 456 g/mol. The molecule has 4 unspecified atom stereocenters. The molecule has 0 heterocycles. The van der Waals surface area contributed by atoms with Gasteiger partial charge >= 0.3 is 0 Å². The molecule has 0 aliphatic rings. The normalized spacial score (nSPS) is 16.0. The van der Waals surface area contributed by atoms with Crippen molar-refractivity contribution in [3.05, 3.63) is 0 Å². The van der Waals surface area contributed by atoms with Gasteiger partial charge in [0.1, 0.15) is 0 Å². The van der Waals surface area contributed by atoms with Crippen molar-refractivity contribution in [2.75, 3.05) is 34.5 Å². The molecule has 0 aromatic carbocycles. The zero-order valence-electron chi connectivity index (χ0n) is 14.3. The van der Waals surface area contributed by atoms with Crippen molar-refractivity contribution >= 4 is 94.9 Å². The largest absolute Gasteiger partial charge is 0.390 e. The molecule has 0 fully saturated rings. The molecule has 0 aliphatic carbocycles. The second kappa shape index (κ2) is 21.3. The molecule has 13 heteroatoms. The van der Waals surface area contributed by atoms with Crippen LogP contribution in [0.1, 0.15) is 25.7 Å². The van der Waals surface area contributed by atoms with Crippen molar-refractivity contribution in [2.45, 2.75) is 37.9 Å². The fourth-order valence-corrected chi connectivity index (χ4v) is 6.87. The van der Waals surface area contributed by atoms with E-state index in [0.717, 1.165) is 24.3 Å². The van der Waals surface area contributed by atoms with Gasteiger partial charge in [-0.2, -0.15) is 0 Å². The van der Waals surface area contributed by atoms with E-state index in [1.165, 1.54) is 21.6 Å². The molecule has 0 aromatic rings. The maximum atomic E-state index is 10.5. The Kier molecular flexibility index (Phi) is 25.3. The third kappa shape index (κ3) is 22.7. The van der Waals surface area contributed by atoms with Gasteiger partial charge in [0.2, 0.25) is 0 Å².